The third-order valence-corrected chi connectivity index (χ3v) is 5.36. The van der Waals surface area contributed by atoms with E-state index in [9.17, 15) is 19.2 Å². The first-order valence-corrected chi connectivity index (χ1v) is 9.55. The lowest BCUT2D eigenvalue weighted by molar-refractivity contribution is 0.0531. The first kappa shape index (κ1) is 20.3. The highest BCUT2D eigenvalue weighted by molar-refractivity contribution is 7.18. The summed E-state index contributed by atoms with van der Waals surface area (Å²) in [7, 11) is 1.44. The van der Waals surface area contributed by atoms with Gasteiger partial charge in [-0.25, -0.2) is 9.59 Å². The van der Waals surface area contributed by atoms with Crippen molar-refractivity contribution in [3.05, 3.63) is 62.3 Å². The standard InChI is InChI=1S/C20H18N2O6S/c1-4-27-20(26)15-10(2)14(17(24)21-3)18(29-15)22-16(23)12-9-11-7-5-6-8-13(11)28-19(12)25/h5-9H,4H2,1-3H3,(H,21,24)(H,22,23). The molecule has 2 amide bonds. The van der Waals surface area contributed by atoms with Crippen LogP contribution in [0.1, 0.15) is 42.9 Å². The molecule has 0 radical (unpaired) electrons. The molecule has 1 aromatic carbocycles. The number of esters is 1. The largest absolute Gasteiger partial charge is 0.462 e. The Hall–Kier alpha value is -3.46. The van der Waals surface area contributed by atoms with Crippen LogP contribution >= 0.6 is 11.3 Å². The Kier molecular flexibility index (Phi) is 5.79. The van der Waals surface area contributed by atoms with Crippen LogP contribution in [0.5, 0.6) is 0 Å². The van der Waals surface area contributed by atoms with Gasteiger partial charge in [0.25, 0.3) is 11.8 Å². The lowest BCUT2D eigenvalue weighted by Crippen LogP contribution is -2.23. The zero-order valence-electron chi connectivity index (χ0n) is 16.0. The van der Waals surface area contributed by atoms with Crippen molar-refractivity contribution in [2.45, 2.75) is 13.8 Å². The Balaban J connectivity index is 2.03. The Morgan fingerprint density at radius 3 is 2.59 bits per heavy atom. The van der Waals surface area contributed by atoms with Crippen molar-refractivity contribution in [1.82, 2.24) is 5.32 Å². The summed E-state index contributed by atoms with van der Waals surface area (Å²) in [5.41, 5.74) is -0.138. The van der Waals surface area contributed by atoms with Crippen LogP contribution < -0.4 is 16.3 Å². The Labute approximate surface area is 169 Å². The van der Waals surface area contributed by atoms with E-state index < -0.39 is 23.4 Å². The van der Waals surface area contributed by atoms with Gasteiger partial charge in [0.05, 0.1) is 12.2 Å². The molecule has 2 N–H and O–H groups in total. The summed E-state index contributed by atoms with van der Waals surface area (Å²) < 4.78 is 10.2. The third kappa shape index (κ3) is 3.90. The van der Waals surface area contributed by atoms with Crippen LogP contribution in [0.3, 0.4) is 0 Å². The van der Waals surface area contributed by atoms with Crippen molar-refractivity contribution in [1.29, 1.82) is 0 Å². The van der Waals surface area contributed by atoms with Crippen LogP contribution in [-0.2, 0) is 4.74 Å². The van der Waals surface area contributed by atoms with Gasteiger partial charge in [0.15, 0.2) is 0 Å². The number of anilines is 1. The monoisotopic (exact) mass is 414 g/mol. The molecule has 0 fully saturated rings. The van der Waals surface area contributed by atoms with Crippen LogP contribution in [0, 0.1) is 6.92 Å². The molecule has 2 heterocycles. The number of para-hydroxylation sites is 1. The number of thiophene rings is 1. The number of nitrogens with one attached hydrogen (secondary N) is 2. The zero-order valence-corrected chi connectivity index (χ0v) is 16.8. The number of fused-ring (bicyclic) bond motifs is 1. The number of ether oxygens (including phenoxy) is 1. The number of hydrogen-bond acceptors (Lipinski definition) is 7. The molecule has 0 aliphatic carbocycles. The molecule has 29 heavy (non-hydrogen) atoms. The summed E-state index contributed by atoms with van der Waals surface area (Å²) in [4.78, 5) is 49.7. The minimum Gasteiger partial charge on any atom is -0.462 e. The Bertz CT molecular complexity index is 1180. The molecule has 0 spiro atoms. The Morgan fingerprint density at radius 2 is 1.90 bits per heavy atom. The highest BCUT2D eigenvalue weighted by atomic mass is 32.1. The molecule has 0 aliphatic heterocycles. The molecule has 3 aromatic rings. The van der Waals surface area contributed by atoms with E-state index in [1.165, 1.54) is 13.1 Å². The molecule has 2 aromatic heterocycles. The second kappa shape index (κ2) is 8.27. The summed E-state index contributed by atoms with van der Waals surface area (Å²) in [6.07, 6.45) is 0. The third-order valence-electron chi connectivity index (χ3n) is 4.17. The maximum atomic E-state index is 12.7. The van der Waals surface area contributed by atoms with Gasteiger partial charge < -0.3 is 19.8 Å². The van der Waals surface area contributed by atoms with Gasteiger partial charge in [-0.1, -0.05) is 18.2 Å². The predicted molar refractivity (Wildman–Crippen MR) is 109 cm³/mol. The second-order valence-corrected chi connectivity index (χ2v) is 7.02. The average Bonchev–Trinajstić information content (AvgIpc) is 3.02. The van der Waals surface area contributed by atoms with Gasteiger partial charge in [0.2, 0.25) is 0 Å². The summed E-state index contributed by atoms with van der Waals surface area (Å²) in [6, 6.07) is 8.21. The Morgan fingerprint density at radius 1 is 1.17 bits per heavy atom. The van der Waals surface area contributed by atoms with E-state index in [1.807, 2.05) is 0 Å². The summed E-state index contributed by atoms with van der Waals surface area (Å²) in [6.45, 7) is 3.43. The van der Waals surface area contributed by atoms with E-state index in [2.05, 4.69) is 10.6 Å². The molecule has 0 saturated heterocycles. The van der Waals surface area contributed by atoms with Crippen LogP contribution in [0.25, 0.3) is 11.0 Å². The van der Waals surface area contributed by atoms with Crippen molar-refractivity contribution in [2.24, 2.45) is 0 Å². The molecule has 0 unspecified atom stereocenters. The highest BCUT2D eigenvalue weighted by Crippen LogP contribution is 2.34. The topological polar surface area (TPSA) is 115 Å². The maximum Gasteiger partial charge on any atom is 0.349 e. The first-order valence-electron chi connectivity index (χ1n) is 8.74. The van der Waals surface area contributed by atoms with Gasteiger partial charge in [0.1, 0.15) is 21.0 Å². The van der Waals surface area contributed by atoms with Crippen LogP contribution in [0.15, 0.2) is 39.5 Å². The number of carbonyl (C=O) groups is 3. The number of carbonyl (C=O) groups excluding carboxylic acids is 3. The van der Waals surface area contributed by atoms with Crippen molar-refractivity contribution in [3.63, 3.8) is 0 Å². The van der Waals surface area contributed by atoms with E-state index >= 15 is 0 Å². The second-order valence-electron chi connectivity index (χ2n) is 6.00. The first-order chi connectivity index (χ1) is 13.9. The fourth-order valence-corrected chi connectivity index (χ4v) is 3.88. The minimum atomic E-state index is -0.804. The smallest absolute Gasteiger partial charge is 0.349 e. The number of hydrogen-bond donors (Lipinski definition) is 2. The molecular weight excluding hydrogens is 396 g/mol. The molecule has 0 atom stereocenters. The van der Waals surface area contributed by atoms with Crippen LogP contribution in [0.4, 0.5) is 5.00 Å². The van der Waals surface area contributed by atoms with Gasteiger partial charge >= 0.3 is 11.6 Å². The SMILES string of the molecule is CCOC(=O)c1sc(NC(=O)c2cc3ccccc3oc2=O)c(C(=O)NC)c1C. The average molecular weight is 414 g/mol. The number of amides is 2. The fourth-order valence-electron chi connectivity index (χ4n) is 2.78. The normalized spacial score (nSPS) is 10.6. The van der Waals surface area contributed by atoms with Gasteiger partial charge in [0, 0.05) is 12.4 Å². The molecule has 0 aliphatic rings. The van der Waals surface area contributed by atoms with Gasteiger partial charge in [-0.3, -0.25) is 9.59 Å². The molecule has 9 heteroatoms. The molecular formula is C20H18N2O6S. The molecule has 0 bridgehead atoms. The molecule has 0 saturated carbocycles. The van der Waals surface area contributed by atoms with Crippen molar-refractivity contribution >= 4 is 45.1 Å². The van der Waals surface area contributed by atoms with Crippen LogP contribution in [0.2, 0.25) is 0 Å². The van der Waals surface area contributed by atoms with Gasteiger partial charge in [-0.15, -0.1) is 11.3 Å². The van der Waals surface area contributed by atoms with Crippen LogP contribution in [-0.4, -0.2) is 31.4 Å². The lowest BCUT2D eigenvalue weighted by atomic mass is 10.1. The van der Waals surface area contributed by atoms with Gasteiger partial charge in [-0.05, 0) is 31.5 Å². The molecule has 150 valence electrons. The summed E-state index contributed by atoms with van der Waals surface area (Å²) in [5, 5.41) is 5.76. The maximum absolute atomic E-state index is 12.7. The zero-order chi connectivity index (χ0) is 21.1. The lowest BCUT2D eigenvalue weighted by Gasteiger charge is -2.06. The van der Waals surface area contributed by atoms with E-state index in [-0.39, 0.29) is 27.6 Å². The van der Waals surface area contributed by atoms with E-state index in [0.29, 0.717) is 16.5 Å². The van der Waals surface area contributed by atoms with Crippen molar-refractivity contribution in [3.8, 4) is 0 Å². The predicted octanol–water partition coefficient (Wildman–Crippen LogP) is 2.95. The van der Waals surface area contributed by atoms with E-state index in [1.54, 1.807) is 38.1 Å². The summed E-state index contributed by atoms with van der Waals surface area (Å²) >= 11 is 0.910. The van der Waals surface area contributed by atoms with E-state index in [4.69, 9.17) is 9.15 Å². The molecule has 3 rings (SSSR count). The van der Waals surface area contributed by atoms with E-state index in [0.717, 1.165) is 11.3 Å². The van der Waals surface area contributed by atoms with Gasteiger partial charge in [-0.2, -0.15) is 0 Å². The van der Waals surface area contributed by atoms with Crippen molar-refractivity contribution < 1.29 is 23.5 Å². The molecule has 8 nitrogen and oxygen atoms in total. The number of benzene rings is 1. The quantitative estimate of drug-likeness (QED) is 0.490. The highest BCUT2D eigenvalue weighted by Gasteiger charge is 2.27. The number of rotatable bonds is 5. The summed E-state index contributed by atoms with van der Waals surface area (Å²) in [5.74, 6) is -1.81. The fraction of sp³-hybridized carbons (Fsp3) is 0.200. The van der Waals surface area contributed by atoms with Crippen molar-refractivity contribution in [2.75, 3.05) is 19.0 Å². The minimum absolute atomic E-state index is 0.138.